The lowest BCUT2D eigenvalue weighted by Crippen LogP contribution is -2.09. The molecule has 1 aromatic heterocycles. The number of hydrazine groups is 1. The molecule has 5 nitrogen and oxygen atoms in total. The van der Waals surface area contributed by atoms with Crippen LogP contribution in [0.5, 0.6) is 0 Å². The normalized spacial score (nSPS) is 10.1. The van der Waals surface area contributed by atoms with Gasteiger partial charge in [-0.3, -0.25) is 4.98 Å². The number of hydrogen-bond donors (Lipinski definition) is 3. The number of aromatic nitrogens is 2. The zero-order valence-corrected chi connectivity index (χ0v) is 11.0. The van der Waals surface area contributed by atoms with E-state index in [-0.39, 0.29) is 0 Å². The summed E-state index contributed by atoms with van der Waals surface area (Å²) in [5.74, 6) is 6.28. The number of benzene rings is 1. The summed E-state index contributed by atoms with van der Waals surface area (Å²) in [4.78, 5) is 8.16. The second-order valence-electron chi connectivity index (χ2n) is 3.18. The molecule has 17 heavy (non-hydrogen) atoms. The van der Waals surface area contributed by atoms with E-state index in [1.54, 1.807) is 12.3 Å². The van der Waals surface area contributed by atoms with E-state index in [1.807, 2.05) is 12.1 Å². The first-order valence-corrected chi connectivity index (χ1v) is 5.87. The molecule has 0 aliphatic heterocycles. The van der Waals surface area contributed by atoms with Crippen LogP contribution in [-0.4, -0.2) is 9.97 Å². The van der Waals surface area contributed by atoms with Crippen LogP contribution in [0.3, 0.4) is 0 Å². The fraction of sp³-hybridized carbons (Fsp3) is 0. The molecule has 0 amide bonds. The fourth-order valence-electron chi connectivity index (χ4n) is 1.23. The van der Waals surface area contributed by atoms with Crippen LogP contribution in [0.4, 0.5) is 17.3 Å². The highest BCUT2D eigenvalue weighted by molar-refractivity contribution is 9.10. The summed E-state index contributed by atoms with van der Waals surface area (Å²) < 4.78 is 0.922. The van der Waals surface area contributed by atoms with Gasteiger partial charge in [0.1, 0.15) is 0 Å². The maximum absolute atomic E-state index is 6.05. The second-order valence-corrected chi connectivity index (χ2v) is 4.51. The van der Waals surface area contributed by atoms with Crippen LogP contribution in [-0.2, 0) is 0 Å². The highest BCUT2D eigenvalue weighted by Crippen LogP contribution is 2.27. The maximum atomic E-state index is 6.05. The Balaban J connectivity index is 2.27. The van der Waals surface area contributed by atoms with E-state index in [0.29, 0.717) is 16.7 Å². The standard InChI is InChI=1S/C10H9BrClN5/c11-6-1-2-7(12)8(3-6)15-9-4-14-5-10(16-9)17-13/h1-5H,13H2,(H2,15,16,17). The monoisotopic (exact) mass is 313 g/mol. The van der Waals surface area contributed by atoms with Crippen LogP contribution in [0, 0.1) is 0 Å². The molecular formula is C10H9BrClN5. The Morgan fingerprint density at radius 3 is 2.76 bits per heavy atom. The van der Waals surface area contributed by atoms with Gasteiger partial charge in [-0.05, 0) is 18.2 Å². The number of halogens is 2. The zero-order valence-electron chi connectivity index (χ0n) is 8.61. The Morgan fingerprint density at radius 1 is 1.24 bits per heavy atom. The molecule has 0 aliphatic rings. The Morgan fingerprint density at radius 2 is 2.00 bits per heavy atom. The average molecular weight is 315 g/mol. The van der Waals surface area contributed by atoms with Crippen molar-refractivity contribution in [3.63, 3.8) is 0 Å². The third-order valence-electron chi connectivity index (χ3n) is 1.97. The first kappa shape index (κ1) is 12.1. The molecule has 7 heteroatoms. The number of nitrogens with one attached hydrogen (secondary N) is 2. The molecule has 1 aromatic carbocycles. The summed E-state index contributed by atoms with van der Waals surface area (Å²) in [6.07, 6.45) is 3.10. The van der Waals surface area contributed by atoms with Crippen LogP contribution < -0.4 is 16.6 Å². The van der Waals surface area contributed by atoms with Crippen molar-refractivity contribution < 1.29 is 0 Å². The van der Waals surface area contributed by atoms with Gasteiger partial charge in [-0.1, -0.05) is 27.5 Å². The number of hydrogen-bond acceptors (Lipinski definition) is 5. The molecule has 0 saturated carbocycles. The van der Waals surface area contributed by atoms with Crippen molar-refractivity contribution in [3.05, 3.63) is 40.1 Å². The van der Waals surface area contributed by atoms with Gasteiger partial charge < -0.3 is 10.7 Å². The van der Waals surface area contributed by atoms with Crippen LogP contribution in [0.15, 0.2) is 35.1 Å². The van der Waals surface area contributed by atoms with Gasteiger partial charge >= 0.3 is 0 Å². The summed E-state index contributed by atoms with van der Waals surface area (Å²) in [7, 11) is 0. The Kier molecular flexibility index (Phi) is 3.78. The highest BCUT2D eigenvalue weighted by Gasteiger charge is 2.03. The van der Waals surface area contributed by atoms with Crippen molar-refractivity contribution in [3.8, 4) is 0 Å². The number of anilines is 3. The third kappa shape index (κ3) is 3.06. The van der Waals surface area contributed by atoms with Crippen LogP contribution in [0.1, 0.15) is 0 Å². The summed E-state index contributed by atoms with van der Waals surface area (Å²) in [6, 6.07) is 5.50. The number of nitrogens with two attached hydrogens (primary N) is 1. The van der Waals surface area contributed by atoms with E-state index in [1.165, 1.54) is 6.20 Å². The predicted octanol–water partition coefficient (Wildman–Crippen LogP) is 2.92. The molecule has 0 aliphatic carbocycles. The smallest absolute Gasteiger partial charge is 0.160 e. The van der Waals surface area contributed by atoms with Gasteiger partial charge in [-0.2, -0.15) is 0 Å². The lowest BCUT2D eigenvalue weighted by molar-refractivity contribution is 1.16. The summed E-state index contributed by atoms with van der Waals surface area (Å²) in [5, 5.41) is 3.65. The largest absolute Gasteiger partial charge is 0.338 e. The minimum absolute atomic E-state index is 0.473. The Hall–Kier alpha value is -1.37. The average Bonchev–Trinajstić information content (AvgIpc) is 2.34. The Labute approximate surface area is 112 Å². The summed E-state index contributed by atoms with van der Waals surface area (Å²) >= 11 is 9.42. The quantitative estimate of drug-likeness (QED) is 0.600. The zero-order chi connectivity index (χ0) is 12.3. The van der Waals surface area contributed by atoms with Gasteiger partial charge in [0.2, 0.25) is 0 Å². The number of nitrogens with zero attached hydrogens (tertiary/aromatic N) is 2. The van der Waals surface area contributed by atoms with Crippen molar-refractivity contribution in [1.82, 2.24) is 9.97 Å². The minimum atomic E-state index is 0.473. The first-order valence-electron chi connectivity index (χ1n) is 4.70. The summed E-state index contributed by atoms with van der Waals surface area (Å²) in [6.45, 7) is 0. The van der Waals surface area contributed by atoms with E-state index in [9.17, 15) is 0 Å². The summed E-state index contributed by atoms with van der Waals surface area (Å²) in [5.41, 5.74) is 3.16. The molecule has 0 saturated heterocycles. The Bertz CT molecular complexity index is 534. The molecule has 2 aromatic rings. The van der Waals surface area contributed by atoms with Gasteiger partial charge in [0.15, 0.2) is 11.6 Å². The first-order chi connectivity index (χ1) is 8.19. The van der Waals surface area contributed by atoms with Gasteiger partial charge in [0.25, 0.3) is 0 Å². The third-order valence-corrected chi connectivity index (χ3v) is 2.80. The van der Waals surface area contributed by atoms with E-state index >= 15 is 0 Å². The van der Waals surface area contributed by atoms with Crippen molar-refractivity contribution in [2.75, 3.05) is 10.7 Å². The molecular weight excluding hydrogens is 306 g/mol. The molecule has 0 spiro atoms. The molecule has 2 rings (SSSR count). The van der Waals surface area contributed by atoms with E-state index in [2.05, 4.69) is 36.6 Å². The molecule has 0 atom stereocenters. The molecule has 0 fully saturated rings. The van der Waals surface area contributed by atoms with Gasteiger partial charge in [0, 0.05) is 4.47 Å². The van der Waals surface area contributed by atoms with E-state index in [4.69, 9.17) is 17.4 Å². The van der Waals surface area contributed by atoms with Gasteiger partial charge in [-0.25, -0.2) is 10.8 Å². The predicted molar refractivity (Wildman–Crippen MR) is 72.3 cm³/mol. The van der Waals surface area contributed by atoms with Crippen LogP contribution in [0.2, 0.25) is 5.02 Å². The van der Waals surface area contributed by atoms with Crippen molar-refractivity contribution in [2.24, 2.45) is 5.84 Å². The molecule has 0 unspecified atom stereocenters. The van der Waals surface area contributed by atoms with Crippen LogP contribution in [0.25, 0.3) is 0 Å². The molecule has 0 bridgehead atoms. The van der Waals surface area contributed by atoms with Gasteiger partial charge in [-0.15, -0.1) is 0 Å². The van der Waals surface area contributed by atoms with Crippen molar-refractivity contribution >= 4 is 44.9 Å². The van der Waals surface area contributed by atoms with Gasteiger partial charge in [0.05, 0.1) is 23.1 Å². The highest BCUT2D eigenvalue weighted by atomic mass is 79.9. The molecule has 4 N–H and O–H groups in total. The SMILES string of the molecule is NNc1cncc(Nc2cc(Br)ccc2Cl)n1. The van der Waals surface area contributed by atoms with Crippen LogP contribution >= 0.6 is 27.5 Å². The number of nitrogen functional groups attached to an aromatic ring is 1. The minimum Gasteiger partial charge on any atom is -0.338 e. The van der Waals surface area contributed by atoms with Crippen molar-refractivity contribution in [2.45, 2.75) is 0 Å². The fourth-order valence-corrected chi connectivity index (χ4v) is 1.75. The lowest BCUT2D eigenvalue weighted by atomic mass is 10.3. The van der Waals surface area contributed by atoms with E-state index < -0.39 is 0 Å². The number of rotatable bonds is 3. The molecule has 1 heterocycles. The lowest BCUT2D eigenvalue weighted by Gasteiger charge is -2.08. The second kappa shape index (κ2) is 5.31. The molecule has 88 valence electrons. The molecule has 0 radical (unpaired) electrons. The topological polar surface area (TPSA) is 75.9 Å². The van der Waals surface area contributed by atoms with E-state index in [0.717, 1.165) is 10.2 Å². The van der Waals surface area contributed by atoms with Crippen molar-refractivity contribution in [1.29, 1.82) is 0 Å². The maximum Gasteiger partial charge on any atom is 0.160 e.